The molecule has 0 aliphatic carbocycles. The summed E-state index contributed by atoms with van der Waals surface area (Å²) >= 11 is 13.3. The fraction of sp³-hybridized carbons (Fsp3) is 0.263. The van der Waals surface area contributed by atoms with Crippen molar-refractivity contribution >= 4 is 52.5 Å². The van der Waals surface area contributed by atoms with Crippen LogP contribution in [0.15, 0.2) is 42.5 Å². The third-order valence-electron chi connectivity index (χ3n) is 4.08. The van der Waals surface area contributed by atoms with Crippen molar-refractivity contribution in [2.24, 2.45) is 0 Å². The number of thioether (sulfide) groups is 1. The van der Waals surface area contributed by atoms with Gasteiger partial charge in [-0.05, 0) is 35.9 Å². The molecule has 0 spiro atoms. The number of rotatable bonds is 6. The Morgan fingerprint density at radius 3 is 2.64 bits per heavy atom. The molecule has 3 N–H and O–H groups in total. The molecule has 2 aromatic rings. The second-order valence-electron chi connectivity index (χ2n) is 6.33. The molecule has 28 heavy (non-hydrogen) atoms. The van der Waals surface area contributed by atoms with Crippen LogP contribution in [0, 0.1) is 5.82 Å². The summed E-state index contributed by atoms with van der Waals surface area (Å²) in [5.74, 6) is -0.0399. The molecule has 9 heteroatoms. The SMILES string of the molecule is O=C(CC1CC(=O)NC(SCc2ccc(F)cc2)N1)Nc1ccc(Cl)c(Cl)c1. The zero-order valence-corrected chi connectivity index (χ0v) is 17.0. The summed E-state index contributed by atoms with van der Waals surface area (Å²) in [5.41, 5.74) is 1.16. The van der Waals surface area contributed by atoms with E-state index in [4.69, 9.17) is 23.2 Å². The van der Waals surface area contributed by atoms with Crippen LogP contribution >= 0.6 is 35.0 Å². The number of carbonyl (C=O) groups is 2. The molecule has 3 rings (SSSR count). The van der Waals surface area contributed by atoms with Crippen molar-refractivity contribution in [3.05, 3.63) is 63.9 Å². The molecule has 2 aromatic carbocycles. The van der Waals surface area contributed by atoms with Crippen LogP contribution in [-0.4, -0.2) is 23.4 Å². The molecule has 0 bridgehead atoms. The largest absolute Gasteiger partial charge is 0.332 e. The highest BCUT2D eigenvalue weighted by atomic mass is 35.5. The van der Waals surface area contributed by atoms with E-state index >= 15 is 0 Å². The predicted octanol–water partition coefficient (Wildman–Crippen LogP) is 4.16. The van der Waals surface area contributed by atoms with Gasteiger partial charge in [-0.25, -0.2) is 4.39 Å². The standard InChI is InChI=1S/C19H18Cl2FN3O2S/c20-15-6-5-13(7-16(15)21)23-17(26)8-14-9-18(27)25-19(24-14)28-10-11-1-3-12(22)4-2-11/h1-7,14,19,24H,8-10H2,(H,23,26)(H,25,27). The molecule has 1 fully saturated rings. The Labute approximate surface area is 176 Å². The number of hydrogen-bond acceptors (Lipinski definition) is 4. The van der Waals surface area contributed by atoms with Crippen LogP contribution in [0.5, 0.6) is 0 Å². The topological polar surface area (TPSA) is 70.2 Å². The van der Waals surface area contributed by atoms with E-state index in [1.807, 2.05) is 0 Å². The Morgan fingerprint density at radius 1 is 1.18 bits per heavy atom. The van der Waals surface area contributed by atoms with Crippen LogP contribution in [0.1, 0.15) is 18.4 Å². The van der Waals surface area contributed by atoms with Crippen LogP contribution in [0.4, 0.5) is 10.1 Å². The monoisotopic (exact) mass is 441 g/mol. The number of carbonyl (C=O) groups excluding carboxylic acids is 2. The average molecular weight is 442 g/mol. The number of nitrogens with one attached hydrogen (secondary N) is 3. The van der Waals surface area contributed by atoms with E-state index in [-0.39, 0.29) is 42.0 Å². The Kier molecular flexibility index (Phi) is 7.18. The minimum absolute atomic E-state index is 0.123. The molecule has 0 radical (unpaired) electrons. The van der Waals surface area contributed by atoms with E-state index in [2.05, 4.69) is 16.0 Å². The molecule has 1 aliphatic rings. The molecule has 1 heterocycles. The van der Waals surface area contributed by atoms with Crippen molar-refractivity contribution in [2.45, 2.75) is 30.1 Å². The summed E-state index contributed by atoms with van der Waals surface area (Å²) in [4.78, 5) is 24.3. The third-order valence-corrected chi connectivity index (χ3v) is 5.90. The summed E-state index contributed by atoms with van der Waals surface area (Å²) in [5, 5.41) is 9.61. The van der Waals surface area contributed by atoms with E-state index in [9.17, 15) is 14.0 Å². The maximum absolute atomic E-state index is 13.0. The summed E-state index contributed by atoms with van der Waals surface area (Å²) in [7, 11) is 0. The van der Waals surface area contributed by atoms with Crippen LogP contribution in [0.25, 0.3) is 0 Å². The zero-order valence-electron chi connectivity index (χ0n) is 14.7. The van der Waals surface area contributed by atoms with Gasteiger partial charge in [-0.1, -0.05) is 35.3 Å². The van der Waals surface area contributed by atoms with Crippen LogP contribution < -0.4 is 16.0 Å². The van der Waals surface area contributed by atoms with Gasteiger partial charge in [0.2, 0.25) is 11.8 Å². The molecule has 0 aromatic heterocycles. The molecule has 1 saturated heterocycles. The fourth-order valence-corrected chi connectivity index (χ4v) is 4.09. The van der Waals surface area contributed by atoms with Crippen molar-refractivity contribution in [1.29, 1.82) is 0 Å². The summed E-state index contributed by atoms with van der Waals surface area (Å²) in [6.07, 6.45) is 0.351. The molecule has 5 nitrogen and oxygen atoms in total. The van der Waals surface area contributed by atoms with Gasteiger partial charge in [0.15, 0.2) is 0 Å². The molecular weight excluding hydrogens is 424 g/mol. The number of amides is 2. The van der Waals surface area contributed by atoms with E-state index in [1.54, 1.807) is 30.3 Å². The first kappa shape index (κ1) is 20.9. The Bertz CT molecular complexity index is 867. The van der Waals surface area contributed by atoms with Gasteiger partial charge in [0, 0.05) is 30.3 Å². The van der Waals surface area contributed by atoms with E-state index in [0.717, 1.165) is 5.56 Å². The van der Waals surface area contributed by atoms with Crippen molar-refractivity contribution in [3.8, 4) is 0 Å². The van der Waals surface area contributed by atoms with Gasteiger partial charge in [-0.3, -0.25) is 14.9 Å². The maximum Gasteiger partial charge on any atom is 0.225 e. The summed E-state index contributed by atoms with van der Waals surface area (Å²) in [6, 6.07) is 10.8. The minimum Gasteiger partial charge on any atom is -0.332 e. The normalized spacial score (nSPS) is 19.2. The lowest BCUT2D eigenvalue weighted by molar-refractivity contribution is -0.124. The van der Waals surface area contributed by atoms with Gasteiger partial charge in [0.05, 0.1) is 10.0 Å². The van der Waals surface area contributed by atoms with Gasteiger partial charge in [0.1, 0.15) is 11.3 Å². The Morgan fingerprint density at radius 2 is 1.93 bits per heavy atom. The highest BCUT2D eigenvalue weighted by Crippen LogP contribution is 2.25. The maximum atomic E-state index is 13.0. The lowest BCUT2D eigenvalue weighted by Gasteiger charge is -2.31. The number of hydrogen-bond donors (Lipinski definition) is 3. The Hall–Kier alpha value is -1.80. The Balaban J connectivity index is 1.51. The minimum atomic E-state index is -0.325. The molecule has 0 saturated carbocycles. The summed E-state index contributed by atoms with van der Waals surface area (Å²) < 4.78 is 13.0. The number of benzene rings is 2. The first-order chi connectivity index (χ1) is 13.4. The van der Waals surface area contributed by atoms with Gasteiger partial charge in [0.25, 0.3) is 0 Å². The van der Waals surface area contributed by atoms with Gasteiger partial charge in [-0.2, -0.15) is 0 Å². The van der Waals surface area contributed by atoms with Crippen molar-refractivity contribution in [1.82, 2.24) is 10.6 Å². The van der Waals surface area contributed by atoms with Crippen LogP contribution in [-0.2, 0) is 15.3 Å². The van der Waals surface area contributed by atoms with E-state index in [0.29, 0.717) is 21.5 Å². The van der Waals surface area contributed by atoms with E-state index < -0.39 is 0 Å². The van der Waals surface area contributed by atoms with Gasteiger partial charge in [-0.15, -0.1) is 11.8 Å². The van der Waals surface area contributed by atoms with Gasteiger partial charge < -0.3 is 10.6 Å². The second-order valence-corrected chi connectivity index (χ2v) is 8.24. The number of halogens is 3. The quantitative estimate of drug-likeness (QED) is 0.629. The van der Waals surface area contributed by atoms with E-state index in [1.165, 1.54) is 23.9 Å². The first-order valence-electron chi connectivity index (χ1n) is 8.55. The highest BCUT2D eigenvalue weighted by Gasteiger charge is 2.27. The third kappa shape index (κ3) is 6.10. The highest BCUT2D eigenvalue weighted by molar-refractivity contribution is 7.99. The molecule has 2 amide bonds. The van der Waals surface area contributed by atoms with Crippen molar-refractivity contribution in [2.75, 3.05) is 5.32 Å². The van der Waals surface area contributed by atoms with Crippen LogP contribution in [0.3, 0.4) is 0 Å². The second kappa shape index (κ2) is 9.60. The average Bonchev–Trinajstić information content (AvgIpc) is 2.64. The molecule has 2 atom stereocenters. The van der Waals surface area contributed by atoms with Gasteiger partial charge >= 0.3 is 0 Å². The lowest BCUT2D eigenvalue weighted by atomic mass is 10.1. The summed E-state index contributed by atoms with van der Waals surface area (Å²) in [6.45, 7) is 0. The molecule has 1 aliphatic heterocycles. The fourth-order valence-electron chi connectivity index (χ4n) is 2.73. The predicted molar refractivity (Wildman–Crippen MR) is 111 cm³/mol. The molecule has 2 unspecified atom stereocenters. The lowest BCUT2D eigenvalue weighted by Crippen LogP contribution is -2.55. The van der Waals surface area contributed by atoms with Crippen LogP contribution in [0.2, 0.25) is 10.0 Å². The first-order valence-corrected chi connectivity index (χ1v) is 10.4. The smallest absolute Gasteiger partial charge is 0.225 e. The molecular formula is C19H18Cl2FN3O2S. The number of anilines is 1. The van der Waals surface area contributed by atoms with Crippen molar-refractivity contribution < 1.29 is 14.0 Å². The zero-order chi connectivity index (χ0) is 20.1. The molecule has 148 valence electrons. The van der Waals surface area contributed by atoms with Crippen molar-refractivity contribution in [3.63, 3.8) is 0 Å².